The minimum Gasteiger partial charge on any atom is -0.504 e. The molecule has 1 atom stereocenters. The van der Waals surface area contributed by atoms with Gasteiger partial charge in [-0.15, -0.1) is 12.4 Å². The summed E-state index contributed by atoms with van der Waals surface area (Å²) in [5, 5.41) is 18.4. The highest BCUT2D eigenvalue weighted by molar-refractivity contribution is 5.85. The Morgan fingerprint density at radius 1 is 1.35 bits per heavy atom. The standard InChI is InChI=1S/C11H16N2O3.ClH/c1-13(2)11(16)8(12)5-7-3-4-9(14)10(15)6-7;/h3-4,6,8,14-15H,5,12H2,1-2H3;1H/t8-;/m0./s1. The summed E-state index contributed by atoms with van der Waals surface area (Å²) in [5.41, 5.74) is 6.41. The van der Waals surface area contributed by atoms with Crippen LogP contribution in [0.25, 0.3) is 0 Å². The number of nitrogens with two attached hydrogens (primary N) is 1. The maximum atomic E-state index is 11.5. The average molecular weight is 261 g/mol. The van der Waals surface area contributed by atoms with E-state index in [0.717, 1.165) is 0 Å². The predicted octanol–water partition coefficient (Wildman–Crippen LogP) is 0.478. The van der Waals surface area contributed by atoms with Crippen LogP contribution in [0.2, 0.25) is 0 Å². The third-order valence-electron chi connectivity index (χ3n) is 2.25. The number of rotatable bonds is 3. The van der Waals surface area contributed by atoms with Crippen LogP contribution in [0.5, 0.6) is 11.5 Å². The van der Waals surface area contributed by atoms with Crippen molar-refractivity contribution in [3.05, 3.63) is 23.8 Å². The van der Waals surface area contributed by atoms with Gasteiger partial charge in [-0.1, -0.05) is 6.07 Å². The molecule has 0 radical (unpaired) electrons. The molecule has 0 aliphatic rings. The number of carbonyl (C=O) groups excluding carboxylic acids is 1. The third kappa shape index (κ3) is 4.13. The SMILES string of the molecule is CN(C)C(=O)[C@@H](N)Cc1ccc(O)c(O)c1.Cl. The van der Waals surface area contributed by atoms with Crippen molar-refractivity contribution < 1.29 is 15.0 Å². The Morgan fingerprint density at radius 3 is 2.41 bits per heavy atom. The van der Waals surface area contributed by atoms with E-state index in [9.17, 15) is 9.90 Å². The zero-order valence-electron chi connectivity index (χ0n) is 9.75. The Hall–Kier alpha value is -1.46. The zero-order valence-corrected chi connectivity index (χ0v) is 10.6. The van der Waals surface area contributed by atoms with E-state index in [4.69, 9.17) is 10.8 Å². The first-order valence-electron chi connectivity index (χ1n) is 4.89. The van der Waals surface area contributed by atoms with E-state index in [-0.39, 0.29) is 29.8 Å². The van der Waals surface area contributed by atoms with Gasteiger partial charge >= 0.3 is 0 Å². The molecule has 0 saturated heterocycles. The number of likely N-dealkylation sites (N-methyl/N-ethyl adjacent to an activating group) is 1. The van der Waals surface area contributed by atoms with Gasteiger partial charge in [0.05, 0.1) is 6.04 Å². The Kier molecular flexibility index (Phi) is 5.78. The molecule has 1 amide bonds. The van der Waals surface area contributed by atoms with Crippen molar-refractivity contribution in [2.24, 2.45) is 5.73 Å². The molecule has 6 heteroatoms. The maximum Gasteiger partial charge on any atom is 0.239 e. The maximum absolute atomic E-state index is 11.5. The molecule has 17 heavy (non-hydrogen) atoms. The summed E-state index contributed by atoms with van der Waals surface area (Å²) in [6, 6.07) is 3.76. The van der Waals surface area contributed by atoms with Crippen LogP contribution in [0, 0.1) is 0 Å². The second kappa shape index (κ2) is 6.32. The van der Waals surface area contributed by atoms with Gasteiger partial charge in [-0.3, -0.25) is 4.79 Å². The number of amides is 1. The fourth-order valence-corrected chi connectivity index (χ4v) is 1.37. The first-order chi connectivity index (χ1) is 7.41. The molecule has 5 nitrogen and oxygen atoms in total. The van der Waals surface area contributed by atoms with Crippen molar-refractivity contribution in [1.29, 1.82) is 0 Å². The molecule has 0 aliphatic carbocycles. The minimum absolute atomic E-state index is 0. The Bertz CT molecular complexity index is 396. The lowest BCUT2D eigenvalue weighted by atomic mass is 10.1. The van der Waals surface area contributed by atoms with Gasteiger partial charge in [0.2, 0.25) is 5.91 Å². The van der Waals surface area contributed by atoms with Gasteiger partial charge in [-0.05, 0) is 24.1 Å². The van der Waals surface area contributed by atoms with E-state index in [0.29, 0.717) is 12.0 Å². The van der Waals surface area contributed by atoms with Crippen molar-refractivity contribution in [2.45, 2.75) is 12.5 Å². The Labute approximate surface area is 106 Å². The molecule has 96 valence electrons. The number of phenolic OH excluding ortho intramolecular Hbond substituents is 2. The zero-order chi connectivity index (χ0) is 12.3. The molecule has 1 aromatic rings. The molecule has 0 fully saturated rings. The first kappa shape index (κ1) is 15.5. The third-order valence-corrected chi connectivity index (χ3v) is 2.25. The number of aromatic hydroxyl groups is 2. The van der Waals surface area contributed by atoms with Crippen LogP contribution in [0.15, 0.2) is 18.2 Å². The summed E-state index contributed by atoms with van der Waals surface area (Å²) in [7, 11) is 3.27. The molecule has 0 saturated carbocycles. The van der Waals surface area contributed by atoms with Crippen LogP contribution >= 0.6 is 12.4 Å². The summed E-state index contributed by atoms with van der Waals surface area (Å²) in [6.45, 7) is 0. The van der Waals surface area contributed by atoms with E-state index in [2.05, 4.69) is 0 Å². The number of benzene rings is 1. The second-order valence-corrected chi connectivity index (χ2v) is 3.87. The highest BCUT2D eigenvalue weighted by atomic mass is 35.5. The number of phenols is 2. The highest BCUT2D eigenvalue weighted by Gasteiger charge is 2.16. The van der Waals surface area contributed by atoms with E-state index >= 15 is 0 Å². The number of halogens is 1. The predicted molar refractivity (Wildman–Crippen MR) is 67.4 cm³/mol. The first-order valence-corrected chi connectivity index (χ1v) is 4.89. The number of hydrogen-bond acceptors (Lipinski definition) is 4. The lowest BCUT2D eigenvalue weighted by molar-refractivity contribution is -0.130. The average Bonchev–Trinajstić information content (AvgIpc) is 2.22. The fraction of sp³-hybridized carbons (Fsp3) is 0.364. The largest absolute Gasteiger partial charge is 0.504 e. The molecule has 0 spiro atoms. The molecule has 0 aliphatic heterocycles. The van der Waals surface area contributed by atoms with Gasteiger partial charge in [-0.25, -0.2) is 0 Å². The van der Waals surface area contributed by atoms with Crippen LogP contribution in [0.4, 0.5) is 0 Å². The molecule has 0 aromatic heterocycles. The molecule has 0 bridgehead atoms. The van der Waals surface area contributed by atoms with Gasteiger partial charge in [0, 0.05) is 14.1 Å². The number of hydrogen-bond donors (Lipinski definition) is 3. The van der Waals surface area contributed by atoms with Gasteiger partial charge in [0.15, 0.2) is 11.5 Å². The normalized spacial score (nSPS) is 11.5. The molecule has 0 unspecified atom stereocenters. The molecule has 1 rings (SSSR count). The molecular weight excluding hydrogens is 244 g/mol. The van der Waals surface area contributed by atoms with Crippen molar-refractivity contribution in [3.8, 4) is 11.5 Å². The van der Waals surface area contributed by atoms with E-state index in [1.54, 1.807) is 20.2 Å². The van der Waals surface area contributed by atoms with Crippen molar-refractivity contribution in [2.75, 3.05) is 14.1 Å². The smallest absolute Gasteiger partial charge is 0.239 e. The molecule has 4 N–H and O–H groups in total. The molecular formula is C11H17ClN2O3. The quantitative estimate of drug-likeness (QED) is 0.690. The van der Waals surface area contributed by atoms with Crippen LogP contribution in [-0.4, -0.2) is 41.2 Å². The summed E-state index contributed by atoms with van der Waals surface area (Å²) < 4.78 is 0. The van der Waals surface area contributed by atoms with Crippen LogP contribution in [0.3, 0.4) is 0 Å². The summed E-state index contributed by atoms with van der Waals surface area (Å²) >= 11 is 0. The van der Waals surface area contributed by atoms with E-state index in [1.807, 2.05) is 0 Å². The minimum atomic E-state index is -0.640. The summed E-state index contributed by atoms with van der Waals surface area (Å²) in [4.78, 5) is 12.9. The lowest BCUT2D eigenvalue weighted by Crippen LogP contribution is -2.41. The fourth-order valence-electron chi connectivity index (χ4n) is 1.37. The van der Waals surface area contributed by atoms with Crippen LogP contribution in [-0.2, 0) is 11.2 Å². The van der Waals surface area contributed by atoms with Crippen LogP contribution in [0.1, 0.15) is 5.56 Å². The van der Waals surface area contributed by atoms with Crippen molar-refractivity contribution in [3.63, 3.8) is 0 Å². The Morgan fingerprint density at radius 2 is 1.94 bits per heavy atom. The van der Waals surface area contributed by atoms with Gasteiger partial charge < -0.3 is 20.8 Å². The monoisotopic (exact) mass is 260 g/mol. The van der Waals surface area contributed by atoms with E-state index < -0.39 is 6.04 Å². The Balaban J connectivity index is 0.00000256. The van der Waals surface area contributed by atoms with Crippen LogP contribution < -0.4 is 5.73 Å². The van der Waals surface area contributed by atoms with Gasteiger partial charge in [0.1, 0.15) is 0 Å². The van der Waals surface area contributed by atoms with Crippen molar-refractivity contribution in [1.82, 2.24) is 4.90 Å². The lowest BCUT2D eigenvalue weighted by Gasteiger charge is -2.16. The molecule has 0 heterocycles. The number of nitrogens with zero attached hydrogens (tertiary/aromatic N) is 1. The second-order valence-electron chi connectivity index (χ2n) is 3.87. The van der Waals surface area contributed by atoms with Gasteiger partial charge in [-0.2, -0.15) is 0 Å². The highest BCUT2D eigenvalue weighted by Crippen LogP contribution is 2.25. The summed E-state index contributed by atoms with van der Waals surface area (Å²) in [5.74, 6) is -0.564. The van der Waals surface area contributed by atoms with Gasteiger partial charge in [0.25, 0.3) is 0 Å². The topological polar surface area (TPSA) is 86.8 Å². The summed E-state index contributed by atoms with van der Waals surface area (Å²) in [6.07, 6.45) is 0.324. The van der Waals surface area contributed by atoms with Crippen molar-refractivity contribution >= 4 is 18.3 Å². The molecule has 1 aromatic carbocycles. The van der Waals surface area contributed by atoms with E-state index in [1.165, 1.54) is 17.0 Å². The number of carbonyl (C=O) groups is 1.